The highest BCUT2D eigenvalue weighted by molar-refractivity contribution is 6.36. The lowest BCUT2D eigenvalue weighted by atomic mass is 10.3. The van der Waals surface area contributed by atoms with Crippen molar-refractivity contribution >= 4 is 34.6 Å². The van der Waals surface area contributed by atoms with Crippen molar-refractivity contribution in [1.82, 2.24) is 0 Å². The van der Waals surface area contributed by atoms with Gasteiger partial charge in [-0.3, -0.25) is 4.99 Å². The van der Waals surface area contributed by atoms with E-state index in [-0.39, 0.29) is 0 Å². The first-order valence-corrected chi connectivity index (χ1v) is 4.88. The Labute approximate surface area is 88.4 Å². The predicted octanol–water partition coefficient (Wildman–Crippen LogP) is 4.50. The van der Waals surface area contributed by atoms with Crippen molar-refractivity contribution in [3.8, 4) is 0 Å². The second kappa shape index (κ2) is 4.64. The van der Waals surface area contributed by atoms with Crippen LogP contribution in [0.3, 0.4) is 0 Å². The van der Waals surface area contributed by atoms with Crippen molar-refractivity contribution in [2.75, 3.05) is 0 Å². The number of halogens is 2. The van der Waals surface area contributed by atoms with E-state index in [1.54, 1.807) is 12.1 Å². The van der Waals surface area contributed by atoms with Crippen LogP contribution >= 0.6 is 23.2 Å². The molecule has 0 aliphatic carbocycles. The van der Waals surface area contributed by atoms with Crippen molar-refractivity contribution < 1.29 is 0 Å². The predicted molar refractivity (Wildman–Crippen MR) is 59.5 cm³/mol. The molecule has 0 saturated carbocycles. The Kier molecular flexibility index (Phi) is 3.76. The summed E-state index contributed by atoms with van der Waals surface area (Å²) in [5.74, 6) is 0. The molecule has 0 aromatic heterocycles. The van der Waals surface area contributed by atoms with Crippen LogP contribution < -0.4 is 0 Å². The van der Waals surface area contributed by atoms with Gasteiger partial charge in [0.2, 0.25) is 0 Å². The molecular formula is C10H11Cl2N. The van der Waals surface area contributed by atoms with Crippen LogP contribution in [-0.2, 0) is 0 Å². The summed E-state index contributed by atoms with van der Waals surface area (Å²) in [6, 6.07) is 5.31. The summed E-state index contributed by atoms with van der Waals surface area (Å²) in [5.41, 5.74) is 1.84. The molecule has 13 heavy (non-hydrogen) atoms. The zero-order valence-electron chi connectivity index (χ0n) is 7.64. The number of nitrogens with zero attached hydrogens (tertiary/aromatic N) is 1. The molecular weight excluding hydrogens is 205 g/mol. The fourth-order valence-electron chi connectivity index (χ4n) is 0.857. The van der Waals surface area contributed by atoms with Crippen molar-refractivity contribution in [1.29, 1.82) is 0 Å². The fraction of sp³-hybridized carbons (Fsp3) is 0.300. The van der Waals surface area contributed by atoms with Gasteiger partial charge in [-0.15, -0.1) is 0 Å². The largest absolute Gasteiger partial charge is 0.257 e. The molecule has 1 rings (SSSR count). The Morgan fingerprint density at radius 2 is 2.08 bits per heavy atom. The zero-order chi connectivity index (χ0) is 9.84. The van der Waals surface area contributed by atoms with E-state index in [9.17, 15) is 0 Å². The molecule has 0 unspecified atom stereocenters. The summed E-state index contributed by atoms with van der Waals surface area (Å²) >= 11 is 11.7. The molecule has 0 N–H and O–H groups in total. The minimum Gasteiger partial charge on any atom is -0.257 e. The topological polar surface area (TPSA) is 12.4 Å². The van der Waals surface area contributed by atoms with Gasteiger partial charge in [-0.1, -0.05) is 30.1 Å². The van der Waals surface area contributed by atoms with Crippen molar-refractivity contribution in [2.45, 2.75) is 20.3 Å². The highest BCUT2D eigenvalue weighted by atomic mass is 35.5. The summed E-state index contributed by atoms with van der Waals surface area (Å²) in [4.78, 5) is 4.34. The van der Waals surface area contributed by atoms with Crippen LogP contribution in [0.2, 0.25) is 10.0 Å². The van der Waals surface area contributed by atoms with Gasteiger partial charge in [0, 0.05) is 10.7 Å². The molecule has 0 atom stereocenters. The van der Waals surface area contributed by atoms with Gasteiger partial charge in [0.15, 0.2) is 0 Å². The smallest absolute Gasteiger partial charge is 0.0816 e. The Balaban J connectivity index is 3.03. The third-order valence-corrected chi connectivity index (χ3v) is 2.27. The standard InChI is InChI=1S/C10H11Cl2N/c1-3-7(2)13-10-5-4-8(11)6-9(10)12/h4-6H,3H2,1-2H3. The monoisotopic (exact) mass is 215 g/mol. The second-order valence-electron chi connectivity index (χ2n) is 2.80. The van der Waals surface area contributed by atoms with Crippen LogP contribution in [0.4, 0.5) is 5.69 Å². The maximum absolute atomic E-state index is 5.94. The van der Waals surface area contributed by atoms with Gasteiger partial charge in [0.25, 0.3) is 0 Å². The number of benzene rings is 1. The minimum absolute atomic E-state index is 0.598. The van der Waals surface area contributed by atoms with E-state index >= 15 is 0 Å². The van der Waals surface area contributed by atoms with Crippen LogP contribution in [0, 0.1) is 0 Å². The van der Waals surface area contributed by atoms with Gasteiger partial charge in [0.1, 0.15) is 0 Å². The van der Waals surface area contributed by atoms with E-state index in [2.05, 4.69) is 11.9 Å². The van der Waals surface area contributed by atoms with Gasteiger partial charge >= 0.3 is 0 Å². The average molecular weight is 216 g/mol. The molecule has 0 bridgehead atoms. The molecule has 1 aromatic carbocycles. The lowest BCUT2D eigenvalue weighted by Gasteiger charge is -2.00. The molecule has 0 saturated heterocycles. The maximum atomic E-state index is 5.94. The Morgan fingerprint density at radius 3 is 2.62 bits per heavy atom. The molecule has 0 radical (unpaired) electrons. The van der Waals surface area contributed by atoms with E-state index < -0.39 is 0 Å². The zero-order valence-corrected chi connectivity index (χ0v) is 9.15. The molecule has 0 spiro atoms. The number of hydrogen-bond donors (Lipinski definition) is 0. The number of aliphatic imine (C=N–C) groups is 1. The third-order valence-electron chi connectivity index (χ3n) is 1.73. The lowest BCUT2D eigenvalue weighted by molar-refractivity contribution is 1.25. The molecule has 1 nitrogen and oxygen atoms in total. The molecule has 3 heteroatoms. The van der Waals surface area contributed by atoms with Gasteiger partial charge in [-0.25, -0.2) is 0 Å². The van der Waals surface area contributed by atoms with Crippen LogP contribution in [0.15, 0.2) is 23.2 Å². The van der Waals surface area contributed by atoms with E-state index in [1.807, 2.05) is 13.0 Å². The van der Waals surface area contributed by atoms with Crippen molar-refractivity contribution in [2.24, 2.45) is 4.99 Å². The minimum atomic E-state index is 0.598. The second-order valence-corrected chi connectivity index (χ2v) is 3.64. The highest BCUT2D eigenvalue weighted by Gasteiger charge is 1.99. The molecule has 0 aliphatic heterocycles. The molecule has 1 aromatic rings. The van der Waals surface area contributed by atoms with Gasteiger partial charge in [-0.05, 0) is 31.5 Å². The third kappa shape index (κ3) is 3.02. The quantitative estimate of drug-likeness (QED) is 0.645. The lowest BCUT2D eigenvalue weighted by Crippen LogP contribution is -1.85. The summed E-state index contributed by atoms with van der Waals surface area (Å²) in [5, 5.41) is 1.23. The first kappa shape index (κ1) is 10.6. The normalized spacial score (nSPS) is 11.8. The maximum Gasteiger partial charge on any atom is 0.0816 e. The summed E-state index contributed by atoms with van der Waals surface area (Å²) in [6.07, 6.45) is 0.930. The van der Waals surface area contributed by atoms with E-state index in [1.165, 1.54) is 0 Å². The first-order valence-electron chi connectivity index (χ1n) is 4.12. The number of rotatable bonds is 2. The van der Waals surface area contributed by atoms with Gasteiger partial charge < -0.3 is 0 Å². The van der Waals surface area contributed by atoms with E-state index in [0.29, 0.717) is 10.0 Å². The van der Waals surface area contributed by atoms with Crippen molar-refractivity contribution in [3.63, 3.8) is 0 Å². The molecule has 0 amide bonds. The van der Waals surface area contributed by atoms with Gasteiger partial charge in [0.05, 0.1) is 10.7 Å². The molecule has 70 valence electrons. The molecule has 0 heterocycles. The van der Waals surface area contributed by atoms with Crippen LogP contribution in [0.5, 0.6) is 0 Å². The summed E-state index contributed by atoms with van der Waals surface area (Å²) in [6.45, 7) is 4.04. The van der Waals surface area contributed by atoms with Crippen LogP contribution in [0.25, 0.3) is 0 Å². The summed E-state index contributed by atoms with van der Waals surface area (Å²) in [7, 11) is 0. The first-order chi connectivity index (χ1) is 6.13. The molecule has 0 aliphatic rings. The fourth-order valence-corrected chi connectivity index (χ4v) is 1.31. The van der Waals surface area contributed by atoms with E-state index in [0.717, 1.165) is 17.8 Å². The van der Waals surface area contributed by atoms with Crippen LogP contribution in [-0.4, -0.2) is 5.71 Å². The highest BCUT2D eigenvalue weighted by Crippen LogP contribution is 2.28. The Hall–Kier alpha value is -0.530. The van der Waals surface area contributed by atoms with Crippen LogP contribution in [0.1, 0.15) is 20.3 Å². The Morgan fingerprint density at radius 1 is 1.38 bits per heavy atom. The Bertz CT molecular complexity index is 332. The van der Waals surface area contributed by atoms with Gasteiger partial charge in [-0.2, -0.15) is 0 Å². The summed E-state index contributed by atoms with van der Waals surface area (Å²) < 4.78 is 0. The molecule has 0 fully saturated rings. The van der Waals surface area contributed by atoms with E-state index in [4.69, 9.17) is 23.2 Å². The SMILES string of the molecule is CCC(C)=Nc1ccc(Cl)cc1Cl. The van der Waals surface area contributed by atoms with Crippen molar-refractivity contribution in [3.05, 3.63) is 28.2 Å². The average Bonchev–Trinajstić information content (AvgIpc) is 2.09. The number of hydrogen-bond acceptors (Lipinski definition) is 1.